The molecule has 5 nitrogen and oxygen atoms in total. The molecule has 0 radical (unpaired) electrons. The summed E-state index contributed by atoms with van der Waals surface area (Å²) in [5.74, 6) is 1.84. The third kappa shape index (κ3) is 2.51. The van der Waals surface area contributed by atoms with E-state index in [9.17, 15) is 0 Å². The van der Waals surface area contributed by atoms with Gasteiger partial charge in [-0.1, -0.05) is 41.9 Å². The van der Waals surface area contributed by atoms with Crippen molar-refractivity contribution in [2.24, 2.45) is 0 Å². The van der Waals surface area contributed by atoms with Crippen LogP contribution in [-0.2, 0) is 13.1 Å². The van der Waals surface area contributed by atoms with E-state index in [4.69, 9.17) is 16.9 Å². The van der Waals surface area contributed by atoms with Gasteiger partial charge in [-0.25, -0.2) is 0 Å². The minimum atomic E-state index is 0.479. The van der Waals surface area contributed by atoms with Gasteiger partial charge in [0.15, 0.2) is 11.6 Å². The molecule has 0 saturated carbocycles. The zero-order valence-electron chi connectivity index (χ0n) is 12.9. The molecule has 4 rings (SSSR count). The number of fused-ring (bicyclic) bond motifs is 1. The first-order valence-corrected chi connectivity index (χ1v) is 8.06. The molecule has 0 amide bonds. The molecule has 1 aliphatic rings. The van der Waals surface area contributed by atoms with E-state index in [-0.39, 0.29) is 0 Å². The van der Waals surface area contributed by atoms with E-state index in [0.29, 0.717) is 17.1 Å². The molecule has 6 heteroatoms. The molecule has 0 unspecified atom stereocenters. The summed E-state index contributed by atoms with van der Waals surface area (Å²) in [5, 5.41) is 18.2. The van der Waals surface area contributed by atoms with Gasteiger partial charge in [0.25, 0.3) is 0 Å². The minimum Gasteiger partial charge on any atom is -0.362 e. The third-order valence-corrected chi connectivity index (χ3v) is 4.54. The van der Waals surface area contributed by atoms with E-state index in [2.05, 4.69) is 25.7 Å². The highest BCUT2D eigenvalue weighted by Gasteiger charge is 2.22. The van der Waals surface area contributed by atoms with Gasteiger partial charge >= 0.3 is 0 Å². The van der Waals surface area contributed by atoms with Crippen molar-refractivity contribution >= 4 is 17.3 Å². The van der Waals surface area contributed by atoms with Gasteiger partial charge in [0.2, 0.25) is 0 Å². The Bertz CT molecular complexity index is 926. The van der Waals surface area contributed by atoms with Gasteiger partial charge in [0.05, 0.1) is 17.1 Å². The molecular weight excluding hydrogens is 322 g/mol. The summed E-state index contributed by atoms with van der Waals surface area (Å²) in [6.07, 6.45) is 0. The summed E-state index contributed by atoms with van der Waals surface area (Å²) in [6, 6.07) is 17.7. The maximum Gasteiger partial charge on any atom is 0.164 e. The molecule has 2 heterocycles. The van der Waals surface area contributed by atoms with E-state index >= 15 is 0 Å². The van der Waals surface area contributed by atoms with Crippen molar-refractivity contribution < 1.29 is 0 Å². The summed E-state index contributed by atoms with van der Waals surface area (Å²) in [4.78, 5) is 2.20. The molecule has 118 valence electrons. The Hall–Kier alpha value is -2.84. The first kappa shape index (κ1) is 14.7. The van der Waals surface area contributed by atoms with Crippen LogP contribution in [0.5, 0.6) is 0 Å². The van der Waals surface area contributed by atoms with Crippen LogP contribution in [0.4, 0.5) is 5.69 Å². The number of hydrogen-bond acceptors (Lipinski definition) is 4. The molecule has 0 aliphatic carbocycles. The van der Waals surface area contributed by atoms with Crippen LogP contribution in [0.2, 0.25) is 5.02 Å². The molecule has 1 aromatic heterocycles. The number of anilines is 1. The van der Waals surface area contributed by atoms with Gasteiger partial charge in [0, 0.05) is 24.3 Å². The van der Waals surface area contributed by atoms with Gasteiger partial charge in [-0.3, -0.25) is 0 Å². The molecular formula is C18H14ClN5. The standard InChI is InChI=1S/C18H14ClN5/c19-16-10-15(7-6-14(16)11-20)23-8-9-24-17(12-23)21-22-18(24)13-4-2-1-3-5-13/h1-7,10H,8-9,12H2. The van der Waals surface area contributed by atoms with Gasteiger partial charge < -0.3 is 9.47 Å². The summed E-state index contributed by atoms with van der Waals surface area (Å²) in [5.41, 5.74) is 2.56. The summed E-state index contributed by atoms with van der Waals surface area (Å²) < 4.78 is 2.16. The molecule has 2 aromatic carbocycles. The van der Waals surface area contributed by atoms with Crippen molar-refractivity contribution in [3.05, 3.63) is 64.9 Å². The lowest BCUT2D eigenvalue weighted by molar-refractivity contribution is 0.564. The Morgan fingerprint density at radius 3 is 2.62 bits per heavy atom. The lowest BCUT2D eigenvalue weighted by Crippen LogP contribution is -2.34. The van der Waals surface area contributed by atoms with Crippen molar-refractivity contribution in [2.75, 3.05) is 11.4 Å². The lowest BCUT2D eigenvalue weighted by Gasteiger charge is -2.29. The normalized spacial score (nSPS) is 13.4. The van der Waals surface area contributed by atoms with Crippen LogP contribution < -0.4 is 4.90 Å². The SMILES string of the molecule is N#Cc1ccc(N2CCn3c(nnc3-c3ccccc3)C2)cc1Cl. The fourth-order valence-electron chi connectivity index (χ4n) is 2.97. The molecule has 3 aromatic rings. The largest absolute Gasteiger partial charge is 0.362 e. The average molecular weight is 336 g/mol. The fraction of sp³-hybridized carbons (Fsp3) is 0.167. The summed E-state index contributed by atoms with van der Waals surface area (Å²) >= 11 is 6.15. The molecule has 1 aliphatic heterocycles. The Balaban J connectivity index is 1.63. The highest BCUT2D eigenvalue weighted by Crippen LogP contribution is 2.27. The Kier molecular flexibility index (Phi) is 3.68. The van der Waals surface area contributed by atoms with Crippen LogP contribution in [0.1, 0.15) is 11.4 Å². The Labute approximate surface area is 144 Å². The van der Waals surface area contributed by atoms with E-state index < -0.39 is 0 Å². The minimum absolute atomic E-state index is 0.479. The van der Waals surface area contributed by atoms with Gasteiger partial charge in [-0.2, -0.15) is 5.26 Å². The van der Waals surface area contributed by atoms with Crippen LogP contribution in [0.25, 0.3) is 11.4 Å². The number of benzene rings is 2. The highest BCUT2D eigenvalue weighted by atomic mass is 35.5. The van der Waals surface area contributed by atoms with Gasteiger partial charge in [-0.05, 0) is 18.2 Å². The van der Waals surface area contributed by atoms with Crippen molar-refractivity contribution in [3.8, 4) is 17.5 Å². The number of halogens is 1. The highest BCUT2D eigenvalue weighted by molar-refractivity contribution is 6.32. The number of hydrogen-bond donors (Lipinski definition) is 0. The molecule has 0 N–H and O–H groups in total. The number of rotatable bonds is 2. The zero-order chi connectivity index (χ0) is 16.5. The third-order valence-electron chi connectivity index (χ3n) is 4.22. The predicted molar refractivity (Wildman–Crippen MR) is 92.7 cm³/mol. The zero-order valence-corrected chi connectivity index (χ0v) is 13.6. The Morgan fingerprint density at radius 2 is 1.88 bits per heavy atom. The van der Waals surface area contributed by atoms with Crippen LogP contribution in [0.3, 0.4) is 0 Å². The average Bonchev–Trinajstić information content (AvgIpc) is 3.05. The monoisotopic (exact) mass is 335 g/mol. The number of nitriles is 1. The van der Waals surface area contributed by atoms with E-state index in [1.165, 1.54) is 0 Å². The smallest absolute Gasteiger partial charge is 0.164 e. The first-order valence-electron chi connectivity index (χ1n) is 7.68. The second-order valence-electron chi connectivity index (χ2n) is 5.66. The lowest BCUT2D eigenvalue weighted by atomic mass is 10.2. The maximum atomic E-state index is 8.99. The van der Waals surface area contributed by atoms with Gasteiger partial charge in [0.1, 0.15) is 6.07 Å². The first-order chi connectivity index (χ1) is 11.8. The molecule has 0 bridgehead atoms. The van der Waals surface area contributed by atoms with E-state index in [1.807, 2.05) is 42.5 Å². The van der Waals surface area contributed by atoms with Crippen LogP contribution in [0, 0.1) is 11.3 Å². The van der Waals surface area contributed by atoms with Crippen molar-refractivity contribution in [1.29, 1.82) is 5.26 Å². The van der Waals surface area contributed by atoms with Crippen LogP contribution in [-0.4, -0.2) is 21.3 Å². The van der Waals surface area contributed by atoms with Gasteiger partial charge in [-0.15, -0.1) is 10.2 Å². The van der Waals surface area contributed by atoms with Crippen molar-refractivity contribution in [1.82, 2.24) is 14.8 Å². The Morgan fingerprint density at radius 1 is 1.04 bits per heavy atom. The van der Waals surface area contributed by atoms with Crippen molar-refractivity contribution in [2.45, 2.75) is 13.1 Å². The predicted octanol–water partition coefficient (Wildman–Crippen LogP) is 3.49. The number of aromatic nitrogens is 3. The summed E-state index contributed by atoms with van der Waals surface area (Å²) in [7, 11) is 0. The molecule has 0 atom stereocenters. The second-order valence-corrected chi connectivity index (χ2v) is 6.06. The molecule has 24 heavy (non-hydrogen) atoms. The van der Waals surface area contributed by atoms with E-state index in [0.717, 1.165) is 36.0 Å². The van der Waals surface area contributed by atoms with E-state index in [1.54, 1.807) is 6.07 Å². The topological polar surface area (TPSA) is 57.7 Å². The quantitative estimate of drug-likeness (QED) is 0.719. The molecule has 0 fully saturated rings. The van der Waals surface area contributed by atoms with Crippen LogP contribution >= 0.6 is 11.6 Å². The van der Waals surface area contributed by atoms with Crippen LogP contribution in [0.15, 0.2) is 48.5 Å². The molecule has 0 spiro atoms. The number of nitrogens with zero attached hydrogens (tertiary/aromatic N) is 5. The fourth-order valence-corrected chi connectivity index (χ4v) is 3.19. The van der Waals surface area contributed by atoms with Crippen molar-refractivity contribution in [3.63, 3.8) is 0 Å². The summed E-state index contributed by atoms with van der Waals surface area (Å²) in [6.45, 7) is 2.32. The second kappa shape index (κ2) is 5.99. The maximum absolute atomic E-state index is 8.99. The molecule has 0 saturated heterocycles.